The van der Waals surface area contributed by atoms with E-state index in [9.17, 15) is 9.59 Å². The second-order valence-electron chi connectivity index (χ2n) is 5.00. The van der Waals surface area contributed by atoms with Gasteiger partial charge >= 0.3 is 0 Å². The van der Waals surface area contributed by atoms with E-state index in [1.807, 2.05) is 6.92 Å². The molecule has 1 heterocycles. The van der Waals surface area contributed by atoms with Crippen molar-refractivity contribution in [3.63, 3.8) is 0 Å². The van der Waals surface area contributed by atoms with Gasteiger partial charge in [-0.2, -0.15) is 0 Å². The molecule has 2 amide bonds. The average Bonchev–Trinajstić information content (AvgIpc) is 2.37. The number of piperidine rings is 1. The van der Waals surface area contributed by atoms with Crippen LogP contribution in [-0.2, 0) is 9.59 Å². The largest absolute Gasteiger partial charge is 0.355 e. The minimum Gasteiger partial charge on any atom is -0.355 e. The van der Waals surface area contributed by atoms with Gasteiger partial charge < -0.3 is 15.5 Å². The first-order chi connectivity index (χ1) is 8.63. The topological polar surface area (TPSA) is 61.4 Å². The Balaban J connectivity index is 2.25. The number of amides is 2. The Morgan fingerprint density at radius 3 is 2.61 bits per heavy atom. The monoisotopic (exact) mass is 255 g/mol. The van der Waals surface area contributed by atoms with E-state index in [1.54, 1.807) is 7.05 Å². The molecule has 0 atom stereocenters. The van der Waals surface area contributed by atoms with Gasteiger partial charge in [-0.25, -0.2) is 0 Å². The second-order valence-corrected chi connectivity index (χ2v) is 5.00. The van der Waals surface area contributed by atoms with E-state index in [2.05, 4.69) is 10.6 Å². The van der Waals surface area contributed by atoms with Crippen LogP contribution in [0.5, 0.6) is 0 Å². The van der Waals surface area contributed by atoms with Crippen molar-refractivity contribution in [3.8, 4) is 0 Å². The highest BCUT2D eigenvalue weighted by Crippen LogP contribution is 2.16. The van der Waals surface area contributed by atoms with Crippen molar-refractivity contribution >= 4 is 11.8 Å². The smallest absolute Gasteiger partial charge is 0.239 e. The molecular formula is C13H25N3O2. The highest BCUT2D eigenvalue weighted by atomic mass is 16.2. The fraction of sp³-hybridized carbons (Fsp3) is 0.846. The number of nitrogens with one attached hydrogen (secondary N) is 2. The zero-order chi connectivity index (χ0) is 13.4. The van der Waals surface area contributed by atoms with Crippen molar-refractivity contribution in [1.29, 1.82) is 0 Å². The average molecular weight is 255 g/mol. The van der Waals surface area contributed by atoms with Crippen molar-refractivity contribution in [3.05, 3.63) is 0 Å². The second kappa shape index (κ2) is 8.08. The molecule has 0 radical (unpaired) electrons. The van der Waals surface area contributed by atoms with Gasteiger partial charge in [-0.3, -0.25) is 9.59 Å². The van der Waals surface area contributed by atoms with Crippen LogP contribution in [0.4, 0.5) is 0 Å². The third-order valence-electron chi connectivity index (χ3n) is 3.30. The van der Waals surface area contributed by atoms with E-state index in [4.69, 9.17) is 0 Å². The molecule has 104 valence electrons. The molecule has 2 N–H and O–H groups in total. The maximum atomic E-state index is 11.9. The summed E-state index contributed by atoms with van der Waals surface area (Å²) in [5.74, 6) is 0.478. The summed E-state index contributed by atoms with van der Waals surface area (Å²) in [5.41, 5.74) is 0. The summed E-state index contributed by atoms with van der Waals surface area (Å²) in [4.78, 5) is 25.0. The molecule has 0 aromatic carbocycles. The van der Waals surface area contributed by atoms with E-state index < -0.39 is 0 Å². The Labute approximate surface area is 109 Å². The standard InChI is InChI=1S/C13H25N3O2/c1-3-6-15-12(17)10-16(2)13(18)9-11-4-7-14-8-5-11/h11,14H,3-10H2,1-2H3,(H,15,17). The number of nitrogens with zero attached hydrogens (tertiary/aromatic N) is 1. The van der Waals surface area contributed by atoms with Crippen LogP contribution in [-0.4, -0.2) is 49.9 Å². The fourth-order valence-electron chi connectivity index (χ4n) is 2.11. The fourth-order valence-corrected chi connectivity index (χ4v) is 2.11. The molecule has 1 aliphatic heterocycles. The summed E-state index contributed by atoms with van der Waals surface area (Å²) in [6.07, 6.45) is 3.60. The number of carbonyl (C=O) groups excluding carboxylic acids is 2. The van der Waals surface area contributed by atoms with Crippen molar-refractivity contribution in [1.82, 2.24) is 15.5 Å². The molecule has 0 aromatic heterocycles. The Bertz CT molecular complexity index is 275. The Hall–Kier alpha value is -1.10. The van der Waals surface area contributed by atoms with Crippen molar-refractivity contribution < 1.29 is 9.59 Å². The molecule has 0 aliphatic carbocycles. The summed E-state index contributed by atoms with van der Waals surface area (Å²) >= 11 is 0. The first kappa shape index (κ1) is 15.0. The van der Waals surface area contributed by atoms with Gasteiger partial charge in [0.2, 0.25) is 11.8 Å². The lowest BCUT2D eigenvalue weighted by atomic mass is 9.94. The summed E-state index contributed by atoms with van der Waals surface area (Å²) in [5, 5.41) is 6.06. The Kier molecular flexibility index (Phi) is 6.72. The van der Waals surface area contributed by atoms with Crippen LogP contribution in [0.2, 0.25) is 0 Å². The zero-order valence-electron chi connectivity index (χ0n) is 11.5. The Morgan fingerprint density at radius 1 is 1.33 bits per heavy atom. The van der Waals surface area contributed by atoms with Crippen LogP contribution in [0.1, 0.15) is 32.6 Å². The van der Waals surface area contributed by atoms with Gasteiger partial charge in [-0.05, 0) is 38.3 Å². The summed E-state index contributed by atoms with van der Waals surface area (Å²) in [7, 11) is 1.70. The van der Waals surface area contributed by atoms with Crippen LogP contribution in [0, 0.1) is 5.92 Å². The van der Waals surface area contributed by atoms with Crippen molar-refractivity contribution in [2.24, 2.45) is 5.92 Å². The molecule has 0 unspecified atom stereocenters. The van der Waals surface area contributed by atoms with Crippen LogP contribution in [0.3, 0.4) is 0 Å². The molecule has 5 heteroatoms. The van der Waals surface area contributed by atoms with Gasteiger partial charge in [0.25, 0.3) is 0 Å². The van der Waals surface area contributed by atoms with E-state index in [1.165, 1.54) is 4.90 Å². The Morgan fingerprint density at radius 2 is 2.00 bits per heavy atom. The van der Waals surface area contributed by atoms with Gasteiger partial charge in [0.05, 0.1) is 6.54 Å². The van der Waals surface area contributed by atoms with Crippen LogP contribution in [0.25, 0.3) is 0 Å². The van der Waals surface area contributed by atoms with Gasteiger partial charge in [0, 0.05) is 20.0 Å². The number of hydrogen-bond donors (Lipinski definition) is 2. The molecule has 1 fully saturated rings. The molecule has 0 bridgehead atoms. The lowest BCUT2D eigenvalue weighted by Crippen LogP contribution is -2.40. The van der Waals surface area contributed by atoms with Gasteiger partial charge in [0.1, 0.15) is 0 Å². The lowest BCUT2D eigenvalue weighted by molar-refractivity contribution is -0.135. The molecule has 0 saturated carbocycles. The van der Waals surface area contributed by atoms with Gasteiger partial charge in [-0.1, -0.05) is 6.92 Å². The van der Waals surface area contributed by atoms with Crippen LogP contribution < -0.4 is 10.6 Å². The molecule has 1 saturated heterocycles. The SMILES string of the molecule is CCCNC(=O)CN(C)C(=O)CC1CCNCC1. The highest BCUT2D eigenvalue weighted by molar-refractivity contribution is 5.84. The van der Waals surface area contributed by atoms with Gasteiger partial charge in [0.15, 0.2) is 0 Å². The van der Waals surface area contributed by atoms with Crippen molar-refractivity contribution in [2.75, 3.05) is 33.2 Å². The number of rotatable bonds is 6. The van der Waals surface area contributed by atoms with E-state index in [0.717, 1.165) is 32.4 Å². The third-order valence-corrected chi connectivity index (χ3v) is 3.30. The molecular weight excluding hydrogens is 230 g/mol. The lowest BCUT2D eigenvalue weighted by Gasteiger charge is -2.24. The third kappa shape index (κ3) is 5.49. The first-order valence-electron chi connectivity index (χ1n) is 6.84. The van der Waals surface area contributed by atoms with E-state index >= 15 is 0 Å². The van der Waals surface area contributed by atoms with Crippen molar-refractivity contribution in [2.45, 2.75) is 32.6 Å². The molecule has 18 heavy (non-hydrogen) atoms. The molecule has 1 rings (SSSR count). The highest BCUT2D eigenvalue weighted by Gasteiger charge is 2.20. The number of likely N-dealkylation sites (N-methyl/N-ethyl adjacent to an activating group) is 1. The maximum absolute atomic E-state index is 11.9. The normalized spacial score (nSPS) is 16.3. The molecule has 1 aliphatic rings. The van der Waals surface area contributed by atoms with Crippen LogP contribution in [0.15, 0.2) is 0 Å². The predicted molar refractivity (Wildman–Crippen MR) is 71.1 cm³/mol. The molecule has 0 spiro atoms. The van der Waals surface area contributed by atoms with Crippen LogP contribution >= 0.6 is 0 Å². The number of hydrogen-bond acceptors (Lipinski definition) is 3. The van der Waals surface area contributed by atoms with E-state index in [-0.39, 0.29) is 18.4 Å². The molecule has 0 aromatic rings. The molecule has 5 nitrogen and oxygen atoms in total. The minimum atomic E-state index is -0.0713. The van der Waals surface area contributed by atoms with E-state index in [0.29, 0.717) is 18.9 Å². The quantitative estimate of drug-likeness (QED) is 0.720. The summed E-state index contributed by atoms with van der Waals surface area (Å²) in [6.45, 7) is 4.85. The number of carbonyl (C=O) groups is 2. The summed E-state index contributed by atoms with van der Waals surface area (Å²) < 4.78 is 0. The maximum Gasteiger partial charge on any atom is 0.239 e. The summed E-state index contributed by atoms with van der Waals surface area (Å²) in [6, 6.07) is 0. The minimum absolute atomic E-state index is 0.0713. The zero-order valence-corrected chi connectivity index (χ0v) is 11.5. The van der Waals surface area contributed by atoms with Gasteiger partial charge in [-0.15, -0.1) is 0 Å². The first-order valence-corrected chi connectivity index (χ1v) is 6.84. The predicted octanol–water partition coefficient (Wildman–Crippen LogP) is 0.361.